The summed E-state index contributed by atoms with van der Waals surface area (Å²) < 4.78 is 26.8. The number of hydrogen-bond donors (Lipinski definition) is 1. The highest BCUT2D eigenvalue weighted by Gasteiger charge is 2.15. The van der Waals surface area contributed by atoms with Gasteiger partial charge in [-0.3, -0.25) is 4.79 Å². The number of rotatable bonds is 6. The summed E-state index contributed by atoms with van der Waals surface area (Å²) in [7, 11) is 1.32. The molecule has 0 spiro atoms. The molecule has 1 aliphatic heterocycles. The quantitative estimate of drug-likeness (QED) is 0.621. The highest BCUT2D eigenvalue weighted by molar-refractivity contribution is 6.02. The number of ether oxygens (including phenoxy) is 4. The Kier molecular flexibility index (Phi) is 5.56. The molecule has 0 aliphatic carbocycles. The van der Waals surface area contributed by atoms with Crippen LogP contribution in [0.5, 0.6) is 17.2 Å². The van der Waals surface area contributed by atoms with Gasteiger partial charge in [0.15, 0.2) is 17.3 Å². The summed E-state index contributed by atoms with van der Waals surface area (Å²) in [4.78, 5) is 23.9. The summed E-state index contributed by atoms with van der Waals surface area (Å²) in [5, 5.41) is 2.76. The van der Waals surface area contributed by atoms with E-state index >= 15 is 0 Å². The normalized spacial score (nSPS) is 12.2. The Morgan fingerprint density at radius 3 is 2.50 bits per heavy atom. The minimum atomic E-state index is -0.416. The van der Waals surface area contributed by atoms with E-state index in [1.54, 1.807) is 54.6 Å². The molecule has 2 heterocycles. The summed E-state index contributed by atoms with van der Waals surface area (Å²) in [6, 6.07) is 15.0. The Morgan fingerprint density at radius 2 is 1.73 bits per heavy atom. The van der Waals surface area contributed by atoms with E-state index in [0.29, 0.717) is 47.5 Å². The Bertz CT molecular complexity index is 1060. The summed E-state index contributed by atoms with van der Waals surface area (Å²) >= 11 is 0. The zero-order chi connectivity index (χ0) is 20.9. The van der Waals surface area contributed by atoms with Gasteiger partial charge in [0.05, 0.1) is 12.7 Å². The average Bonchev–Trinajstić information content (AvgIpc) is 3.27. The number of furan rings is 1. The van der Waals surface area contributed by atoms with Gasteiger partial charge in [-0.2, -0.15) is 0 Å². The zero-order valence-electron chi connectivity index (χ0n) is 16.2. The first-order valence-corrected chi connectivity index (χ1v) is 9.23. The van der Waals surface area contributed by atoms with Crippen molar-refractivity contribution in [3.8, 4) is 17.2 Å². The van der Waals surface area contributed by atoms with E-state index in [1.165, 1.54) is 7.11 Å². The van der Waals surface area contributed by atoms with Crippen molar-refractivity contribution in [1.82, 2.24) is 0 Å². The molecule has 1 amide bonds. The van der Waals surface area contributed by atoms with Gasteiger partial charge in [0.25, 0.3) is 5.91 Å². The van der Waals surface area contributed by atoms with Crippen LogP contribution in [0.3, 0.4) is 0 Å². The van der Waals surface area contributed by atoms with Crippen molar-refractivity contribution in [1.29, 1.82) is 0 Å². The van der Waals surface area contributed by atoms with Crippen molar-refractivity contribution in [2.24, 2.45) is 0 Å². The smallest absolute Gasteiger partial charge is 0.337 e. The van der Waals surface area contributed by atoms with Gasteiger partial charge in [-0.05, 0) is 48.5 Å². The Balaban J connectivity index is 1.34. The molecule has 1 N–H and O–H groups in total. The Labute approximate surface area is 172 Å². The minimum Gasteiger partial charge on any atom is -0.486 e. The molecule has 4 rings (SSSR count). The largest absolute Gasteiger partial charge is 0.486 e. The van der Waals surface area contributed by atoms with Crippen LogP contribution in [0.25, 0.3) is 0 Å². The fraction of sp³-hybridized carbons (Fsp3) is 0.182. The molecule has 8 heteroatoms. The first-order chi connectivity index (χ1) is 14.6. The summed E-state index contributed by atoms with van der Waals surface area (Å²) in [5.41, 5.74) is 1.00. The second-order valence-corrected chi connectivity index (χ2v) is 6.38. The number of carbonyl (C=O) groups excluding carboxylic acids is 2. The highest BCUT2D eigenvalue weighted by Crippen LogP contribution is 2.32. The van der Waals surface area contributed by atoms with Crippen LogP contribution < -0.4 is 19.5 Å². The van der Waals surface area contributed by atoms with E-state index in [0.717, 1.165) is 0 Å². The molecule has 1 aromatic heterocycles. The van der Waals surface area contributed by atoms with E-state index in [9.17, 15) is 9.59 Å². The van der Waals surface area contributed by atoms with Crippen LogP contribution in [0.2, 0.25) is 0 Å². The number of benzene rings is 2. The van der Waals surface area contributed by atoms with E-state index in [4.69, 9.17) is 18.6 Å². The van der Waals surface area contributed by atoms with Crippen LogP contribution in [-0.2, 0) is 11.3 Å². The van der Waals surface area contributed by atoms with Gasteiger partial charge < -0.3 is 28.7 Å². The summed E-state index contributed by atoms with van der Waals surface area (Å²) in [6.45, 7) is 1.11. The zero-order valence-corrected chi connectivity index (χ0v) is 16.2. The number of fused-ring (bicyclic) bond motifs is 1. The van der Waals surface area contributed by atoms with E-state index in [1.807, 2.05) is 0 Å². The van der Waals surface area contributed by atoms with Crippen LogP contribution in [0.1, 0.15) is 26.7 Å². The third-order valence-electron chi connectivity index (χ3n) is 4.34. The molecule has 154 valence electrons. The van der Waals surface area contributed by atoms with Gasteiger partial charge in [0.1, 0.15) is 31.3 Å². The van der Waals surface area contributed by atoms with Gasteiger partial charge in [-0.15, -0.1) is 0 Å². The lowest BCUT2D eigenvalue weighted by Crippen LogP contribution is -2.16. The molecule has 0 atom stereocenters. The van der Waals surface area contributed by atoms with Crippen LogP contribution in [0.15, 0.2) is 59.0 Å². The second-order valence-electron chi connectivity index (χ2n) is 6.38. The number of nitrogens with one attached hydrogen (secondary N) is 1. The van der Waals surface area contributed by atoms with E-state index in [-0.39, 0.29) is 18.3 Å². The summed E-state index contributed by atoms with van der Waals surface area (Å²) in [5.74, 6) is 1.63. The number of amides is 1. The standard InChI is InChI=1S/C22H19NO7/c1-26-22(25)14-2-5-16(6-3-14)29-13-17-7-9-19(30-17)21(24)23-15-4-8-18-20(12-15)28-11-10-27-18/h2-9,12H,10-11,13H2,1H3,(H,23,24). The molecule has 3 aromatic rings. The lowest BCUT2D eigenvalue weighted by molar-refractivity contribution is 0.0600. The molecule has 0 fully saturated rings. The van der Waals surface area contributed by atoms with Gasteiger partial charge in [0.2, 0.25) is 0 Å². The predicted octanol–water partition coefficient (Wildman–Crippen LogP) is 3.67. The lowest BCUT2D eigenvalue weighted by Gasteiger charge is -2.18. The number of methoxy groups -OCH3 is 1. The van der Waals surface area contributed by atoms with Crippen molar-refractivity contribution in [3.05, 3.63) is 71.7 Å². The average molecular weight is 409 g/mol. The van der Waals surface area contributed by atoms with Gasteiger partial charge >= 0.3 is 5.97 Å². The second kappa shape index (κ2) is 8.60. The molecule has 1 aliphatic rings. The Hall–Kier alpha value is -3.94. The van der Waals surface area contributed by atoms with Crippen molar-refractivity contribution in [2.75, 3.05) is 25.6 Å². The predicted molar refractivity (Wildman–Crippen MR) is 106 cm³/mol. The molecule has 8 nitrogen and oxygen atoms in total. The first-order valence-electron chi connectivity index (χ1n) is 9.23. The number of hydrogen-bond acceptors (Lipinski definition) is 7. The molecule has 0 unspecified atom stereocenters. The number of anilines is 1. The van der Waals surface area contributed by atoms with Gasteiger partial charge in [-0.25, -0.2) is 4.79 Å². The molecule has 30 heavy (non-hydrogen) atoms. The number of carbonyl (C=O) groups is 2. The van der Waals surface area contributed by atoms with E-state index < -0.39 is 5.97 Å². The summed E-state index contributed by atoms with van der Waals surface area (Å²) in [6.07, 6.45) is 0. The first kappa shape index (κ1) is 19.4. The van der Waals surface area contributed by atoms with Crippen molar-refractivity contribution in [3.63, 3.8) is 0 Å². The molecular formula is C22H19NO7. The van der Waals surface area contributed by atoms with Crippen molar-refractivity contribution >= 4 is 17.6 Å². The van der Waals surface area contributed by atoms with Crippen LogP contribution in [0, 0.1) is 0 Å². The molecule has 0 saturated carbocycles. The van der Waals surface area contributed by atoms with E-state index in [2.05, 4.69) is 10.1 Å². The lowest BCUT2D eigenvalue weighted by atomic mass is 10.2. The van der Waals surface area contributed by atoms with Crippen molar-refractivity contribution < 1.29 is 33.0 Å². The fourth-order valence-electron chi connectivity index (χ4n) is 2.85. The van der Waals surface area contributed by atoms with Crippen LogP contribution in [0.4, 0.5) is 5.69 Å². The Morgan fingerprint density at radius 1 is 0.967 bits per heavy atom. The highest BCUT2D eigenvalue weighted by atomic mass is 16.6. The molecular weight excluding hydrogens is 390 g/mol. The maximum atomic E-state index is 12.4. The van der Waals surface area contributed by atoms with Crippen LogP contribution >= 0.6 is 0 Å². The number of esters is 1. The topological polar surface area (TPSA) is 96.2 Å². The molecule has 0 radical (unpaired) electrons. The molecule has 2 aromatic carbocycles. The maximum Gasteiger partial charge on any atom is 0.337 e. The fourth-order valence-corrected chi connectivity index (χ4v) is 2.85. The maximum absolute atomic E-state index is 12.4. The third-order valence-corrected chi connectivity index (χ3v) is 4.34. The van der Waals surface area contributed by atoms with Crippen LogP contribution in [-0.4, -0.2) is 32.2 Å². The monoisotopic (exact) mass is 409 g/mol. The minimum absolute atomic E-state index is 0.134. The molecule has 0 saturated heterocycles. The van der Waals surface area contributed by atoms with Gasteiger partial charge in [-0.1, -0.05) is 0 Å². The SMILES string of the molecule is COC(=O)c1ccc(OCc2ccc(C(=O)Nc3ccc4c(c3)OCCO4)o2)cc1. The van der Waals surface area contributed by atoms with Crippen molar-refractivity contribution in [2.45, 2.75) is 6.61 Å². The third kappa shape index (κ3) is 4.38. The molecule has 0 bridgehead atoms. The van der Waals surface area contributed by atoms with Gasteiger partial charge in [0, 0.05) is 11.8 Å².